The zero-order valence-corrected chi connectivity index (χ0v) is 15.2. The molecule has 1 saturated heterocycles. The number of ketones is 2. The Labute approximate surface area is 164 Å². The van der Waals surface area contributed by atoms with Gasteiger partial charge in [0.2, 0.25) is 12.1 Å². The first-order chi connectivity index (χ1) is 13.7. The van der Waals surface area contributed by atoms with Crippen LogP contribution in [-0.2, 0) is 4.74 Å². The minimum absolute atomic E-state index is 0.00311. The number of aryl methyl sites for hydroxylation is 1. The summed E-state index contributed by atoms with van der Waals surface area (Å²) in [6.45, 7) is 0.525. The van der Waals surface area contributed by atoms with Crippen molar-refractivity contribution in [1.29, 1.82) is 0 Å². The molecule has 0 spiro atoms. The molecule has 0 aromatic heterocycles. The third-order valence-corrected chi connectivity index (χ3v) is 5.13. The number of phenols is 2. The van der Waals surface area contributed by atoms with E-state index in [1.54, 1.807) is 6.92 Å². The Morgan fingerprint density at radius 1 is 1.07 bits per heavy atom. The summed E-state index contributed by atoms with van der Waals surface area (Å²) in [5.74, 6) is -2.29. The van der Waals surface area contributed by atoms with E-state index in [0.29, 0.717) is 5.56 Å². The largest absolute Gasteiger partial charge is 0.507 e. The van der Waals surface area contributed by atoms with Gasteiger partial charge in [-0.3, -0.25) is 9.59 Å². The van der Waals surface area contributed by atoms with E-state index in [-0.39, 0.29) is 40.4 Å². The molecule has 0 radical (unpaired) electrons. The second kappa shape index (κ2) is 6.53. The first-order valence-corrected chi connectivity index (χ1v) is 8.76. The van der Waals surface area contributed by atoms with Gasteiger partial charge in [0.1, 0.15) is 29.0 Å². The number of ether oxygens (including phenoxy) is 2. The van der Waals surface area contributed by atoms with Gasteiger partial charge < -0.3 is 35.0 Å². The summed E-state index contributed by atoms with van der Waals surface area (Å²) < 4.78 is 10.6. The molecule has 1 fully saturated rings. The van der Waals surface area contributed by atoms with Gasteiger partial charge in [-0.05, 0) is 30.7 Å². The molecule has 2 aliphatic rings. The fourth-order valence-electron chi connectivity index (χ4n) is 3.57. The highest BCUT2D eigenvalue weighted by molar-refractivity contribution is 6.30. The molecule has 1 aliphatic heterocycles. The van der Waals surface area contributed by atoms with Crippen LogP contribution in [0.3, 0.4) is 0 Å². The summed E-state index contributed by atoms with van der Waals surface area (Å²) in [5.41, 5.74) is -1.90. The number of carbonyl (C=O) groups excluding carboxylic acids is 2. The highest BCUT2D eigenvalue weighted by Gasteiger charge is 2.49. The first-order valence-electron chi connectivity index (χ1n) is 8.76. The summed E-state index contributed by atoms with van der Waals surface area (Å²) in [6, 6.07) is 5.09. The smallest absolute Gasteiger partial charge is 0.229 e. The van der Waals surface area contributed by atoms with Crippen molar-refractivity contribution in [3.05, 3.63) is 52.1 Å². The van der Waals surface area contributed by atoms with Crippen molar-refractivity contribution in [1.82, 2.24) is 0 Å². The Balaban J connectivity index is 1.74. The number of aromatic hydroxyl groups is 2. The van der Waals surface area contributed by atoms with E-state index >= 15 is 0 Å². The van der Waals surface area contributed by atoms with E-state index in [4.69, 9.17) is 9.47 Å². The Bertz CT molecular complexity index is 1040. The minimum Gasteiger partial charge on any atom is -0.507 e. The van der Waals surface area contributed by atoms with Crippen molar-refractivity contribution >= 4 is 11.6 Å². The molecule has 0 unspecified atom stereocenters. The lowest BCUT2D eigenvalue weighted by molar-refractivity contribution is -0.115. The molecule has 4 rings (SSSR count). The number of carbonyl (C=O) groups is 2. The summed E-state index contributed by atoms with van der Waals surface area (Å²) in [5, 5.41) is 49.8. The summed E-state index contributed by atoms with van der Waals surface area (Å²) in [4.78, 5) is 25.7. The fraction of sp³-hybridized carbons (Fsp3) is 0.300. The molecule has 0 saturated carbocycles. The average molecular weight is 402 g/mol. The molecule has 2 aromatic carbocycles. The molecule has 29 heavy (non-hydrogen) atoms. The van der Waals surface area contributed by atoms with Crippen LogP contribution in [0.25, 0.3) is 0 Å². The number of hydrogen-bond donors (Lipinski definition) is 5. The fourth-order valence-corrected chi connectivity index (χ4v) is 3.57. The maximum Gasteiger partial charge on any atom is 0.229 e. The minimum atomic E-state index is -1.90. The van der Waals surface area contributed by atoms with Crippen molar-refractivity contribution in [3.63, 3.8) is 0 Å². The van der Waals surface area contributed by atoms with Crippen molar-refractivity contribution in [3.8, 4) is 17.2 Å². The predicted molar refractivity (Wildman–Crippen MR) is 96.2 cm³/mol. The van der Waals surface area contributed by atoms with Crippen molar-refractivity contribution in [2.24, 2.45) is 0 Å². The van der Waals surface area contributed by atoms with Crippen LogP contribution in [0.1, 0.15) is 37.4 Å². The normalized spacial score (nSPS) is 25.7. The van der Waals surface area contributed by atoms with Crippen LogP contribution in [-0.4, -0.2) is 68.3 Å². The summed E-state index contributed by atoms with van der Waals surface area (Å²) in [6.07, 6.45) is -2.94. The number of phenolic OH excluding ortho intramolecular Hbond substituents is 2. The van der Waals surface area contributed by atoms with E-state index in [1.807, 2.05) is 0 Å². The lowest BCUT2D eigenvalue weighted by Gasteiger charge is -2.24. The van der Waals surface area contributed by atoms with Gasteiger partial charge in [0, 0.05) is 17.2 Å². The van der Waals surface area contributed by atoms with E-state index in [2.05, 4.69) is 0 Å². The van der Waals surface area contributed by atoms with Gasteiger partial charge in [0.25, 0.3) is 0 Å². The Hall–Kier alpha value is -2.98. The maximum atomic E-state index is 12.9. The van der Waals surface area contributed by atoms with Gasteiger partial charge in [-0.15, -0.1) is 0 Å². The molecular weight excluding hydrogens is 384 g/mol. The van der Waals surface area contributed by atoms with Gasteiger partial charge in [-0.2, -0.15) is 0 Å². The van der Waals surface area contributed by atoms with Gasteiger partial charge in [-0.1, -0.05) is 0 Å². The molecule has 0 amide bonds. The monoisotopic (exact) mass is 402 g/mol. The summed E-state index contributed by atoms with van der Waals surface area (Å²) >= 11 is 0. The molecule has 2 aromatic rings. The third kappa shape index (κ3) is 2.87. The number of fused-ring (bicyclic) bond motifs is 2. The van der Waals surface area contributed by atoms with Crippen LogP contribution in [0.4, 0.5) is 0 Å². The first kappa shape index (κ1) is 19.3. The van der Waals surface area contributed by atoms with Crippen molar-refractivity contribution in [2.45, 2.75) is 24.9 Å². The number of hydrogen-bond acceptors (Lipinski definition) is 9. The van der Waals surface area contributed by atoms with Crippen molar-refractivity contribution in [2.75, 3.05) is 13.2 Å². The molecule has 1 heterocycles. The summed E-state index contributed by atoms with van der Waals surface area (Å²) in [7, 11) is 0. The quantitative estimate of drug-likeness (QED) is 0.407. The van der Waals surface area contributed by atoms with Crippen LogP contribution in [0.15, 0.2) is 24.3 Å². The van der Waals surface area contributed by atoms with Crippen molar-refractivity contribution < 1.29 is 44.6 Å². The standard InChI is InChI=1S/C20H18O9/c1-8-2-10-14(12(22)3-8)17(25)15-11(16(10)24)4-9(5-13(15)23)29-19-18(26)20(27,6-21)7-28-19/h2-5,18-19,21-23,26-27H,6-7H2,1H3/t18-,19+,20+/m0/s1. The van der Waals surface area contributed by atoms with E-state index in [0.717, 1.165) is 6.07 Å². The van der Waals surface area contributed by atoms with Gasteiger partial charge in [0.15, 0.2) is 5.78 Å². The predicted octanol–water partition coefficient (Wildman–Crippen LogP) is 0.00102. The molecule has 5 N–H and O–H groups in total. The second-order valence-electron chi connectivity index (χ2n) is 7.23. The molecule has 0 bridgehead atoms. The third-order valence-electron chi connectivity index (χ3n) is 5.13. The molecule has 1 aliphatic carbocycles. The molecule has 152 valence electrons. The number of benzene rings is 2. The highest BCUT2D eigenvalue weighted by Crippen LogP contribution is 2.40. The average Bonchev–Trinajstić information content (AvgIpc) is 2.94. The molecule has 9 heteroatoms. The SMILES string of the molecule is Cc1cc(O)c2c(c1)C(=O)c1cc(O[C@H]3OC[C@](O)(CO)[C@H]3O)cc(O)c1C2=O. The lowest BCUT2D eigenvalue weighted by Crippen LogP contribution is -2.48. The number of rotatable bonds is 3. The highest BCUT2D eigenvalue weighted by atomic mass is 16.7. The number of aliphatic hydroxyl groups is 3. The van der Waals surface area contributed by atoms with Gasteiger partial charge >= 0.3 is 0 Å². The zero-order valence-electron chi connectivity index (χ0n) is 15.2. The zero-order chi connectivity index (χ0) is 21.1. The molecule has 9 nitrogen and oxygen atoms in total. The van der Waals surface area contributed by atoms with Crippen LogP contribution in [0, 0.1) is 6.92 Å². The van der Waals surface area contributed by atoms with E-state index < -0.39 is 41.9 Å². The molecule has 3 atom stereocenters. The Kier molecular flexibility index (Phi) is 4.35. The number of aliphatic hydroxyl groups excluding tert-OH is 2. The maximum absolute atomic E-state index is 12.9. The van der Waals surface area contributed by atoms with Crippen LogP contribution in [0.2, 0.25) is 0 Å². The van der Waals surface area contributed by atoms with Crippen LogP contribution in [0.5, 0.6) is 17.2 Å². The van der Waals surface area contributed by atoms with Gasteiger partial charge in [0.05, 0.1) is 24.3 Å². The molecular formula is C20H18O9. The topological polar surface area (TPSA) is 154 Å². The van der Waals surface area contributed by atoms with Crippen LogP contribution < -0.4 is 4.74 Å². The van der Waals surface area contributed by atoms with Crippen LogP contribution >= 0.6 is 0 Å². The second-order valence-corrected chi connectivity index (χ2v) is 7.23. The van der Waals surface area contributed by atoms with E-state index in [9.17, 15) is 35.1 Å². The van der Waals surface area contributed by atoms with E-state index in [1.165, 1.54) is 18.2 Å². The Morgan fingerprint density at radius 2 is 1.69 bits per heavy atom. The van der Waals surface area contributed by atoms with Gasteiger partial charge in [-0.25, -0.2) is 0 Å². The lowest BCUT2D eigenvalue weighted by atomic mass is 9.82. The Morgan fingerprint density at radius 3 is 2.31 bits per heavy atom.